The molecule has 1 aliphatic rings. The molecule has 0 spiro atoms. The van der Waals surface area contributed by atoms with Gasteiger partial charge in [0.05, 0.1) is 23.2 Å². The van der Waals surface area contributed by atoms with Gasteiger partial charge in [-0.3, -0.25) is 0 Å². The van der Waals surface area contributed by atoms with E-state index in [4.69, 9.17) is 9.72 Å². The number of anilines is 1. The van der Waals surface area contributed by atoms with E-state index in [2.05, 4.69) is 21.0 Å². The van der Waals surface area contributed by atoms with Gasteiger partial charge in [0.25, 0.3) is 0 Å². The van der Waals surface area contributed by atoms with Crippen LogP contribution in [0.3, 0.4) is 0 Å². The molecule has 0 atom stereocenters. The van der Waals surface area contributed by atoms with Gasteiger partial charge < -0.3 is 9.64 Å². The summed E-state index contributed by atoms with van der Waals surface area (Å²) in [6, 6.07) is 0. The minimum absolute atomic E-state index is 0.0436. The summed E-state index contributed by atoms with van der Waals surface area (Å²) in [6.45, 7) is 6.40. The van der Waals surface area contributed by atoms with Crippen molar-refractivity contribution in [3.63, 3.8) is 0 Å². The average molecular weight is 527 g/mol. The molecule has 166 valence electrons. The van der Waals surface area contributed by atoms with Crippen molar-refractivity contribution in [1.29, 1.82) is 0 Å². The van der Waals surface area contributed by atoms with Crippen LogP contribution in [-0.4, -0.2) is 52.4 Å². The maximum absolute atomic E-state index is 13.0. The maximum atomic E-state index is 13.0. The van der Waals surface area contributed by atoms with Gasteiger partial charge in [-0.15, -0.1) is 11.8 Å². The number of methoxy groups -OCH3 is 1. The van der Waals surface area contributed by atoms with Gasteiger partial charge in [-0.25, -0.2) is 4.79 Å². The Morgan fingerprint density at radius 2 is 1.97 bits per heavy atom. The predicted molar refractivity (Wildman–Crippen MR) is 115 cm³/mol. The summed E-state index contributed by atoms with van der Waals surface area (Å²) in [5.41, 5.74) is 0.836. The number of alkyl halides is 3. The Bertz CT molecular complexity index is 921. The van der Waals surface area contributed by atoms with Crippen LogP contribution >= 0.6 is 39.0 Å². The Balaban J connectivity index is 1.98. The first-order valence-corrected chi connectivity index (χ1v) is 11.8. The Morgan fingerprint density at radius 1 is 1.33 bits per heavy atom. The van der Waals surface area contributed by atoms with Crippen LogP contribution in [0.25, 0.3) is 5.13 Å². The van der Waals surface area contributed by atoms with E-state index < -0.39 is 18.1 Å². The van der Waals surface area contributed by atoms with Crippen molar-refractivity contribution in [2.24, 2.45) is 5.92 Å². The van der Waals surface area contributed by atoms with E-state index in [9.17, 15) is 18.0 Å². The fourth-order valence-electron chi connectivity index (χ4n) is 3.21. The molecule has 3 rings (SSSR count). The second-order valence-corrected chi connectivity index (χ2v) is 10.8. The summed E-state index contributed by atoms with van der Waals surface area (Å²) < 4.78 is 46.9. The molecule has 0 N–H and O–H groups in total. The maximum Gasteiger partial charge on any atom is 0.391 e. The summed E-state index contributed by atoms with van der Waals surface area (Å²) in [4.78, 5) is 18.9. The van der Waals surface area contributed by atoms with Crippen molar-refractivity contribution in [3.05, 3.63) is 15.9 Å². The minimum Gasteiger partial charge on any atom is -0.464 e. The van der Waals surface area contributed by atoms with Gasteiger partial charge in [-0.05, 0) is 35.7 Å². The number of thiazole rings is 1. The number of ether oxygens (including phenoxy) is 1. The number of carbonyl (C=O) groups is 1. The van der Waals surface area contributed by atoms with Gasteiger partial charge in [0, 0.05) is 18.3 Å². The second-order valence-electron chi connectivity index (χ2n) is 7.23. The molecule has 0 bridgehead atoms. The van der Waals surface area contributed by atoms with E-state index in [-0.39, 0.29) is 36.9 Å². The number of carbonyl (C=O) groups excluding carboxylic acids is 1. The molecule has 0 aliphatic carbocycles. The molecule has 6 nitrogen and oxygen atoms in total. The zero-order valence-electron chi connectivity index (χ0n) is 16.9. The molecule has 0 unspecified atom stereocenters. The van der Waals surface area contributed by atoms with E-state index in [1.54, 1.807) is 18.7 Å². The van der Waals surface area contributed by atoms with Gasteiger partial charge in [-0.1, -0.05) is 25.2 Å². The number of rotatable bonds is 5. The molecule has 0 radical (unpaired) electrons. The molecule has 1 fully saturated rings. The van der Waals surface area contributed by atoms with Crippen LogP contribution in [0.2, 0.25) is 0 Å². The van der Waals surface area contributed by atoms with Crippen LogP contribution in [0, 0.1) is 12.8 Å². The SMILES string of the molecule is COC(=O)c1c(Br)c(C)nn1-c1nc(N2CCC(C(F)(F)F)CC2)c(SC(C)C)s1. The highest BCUT2D eigenvalue weighted by atomic mass is 79.9. The number of halogens is 4. The van der Waals surface area contributed by atoms with Crippen LogP contribution in [0.15, 0.2) is 8.68 Å². The average Bonchev–Trinajstić information content (AvgIpc) is 3.21. The Labute approximate surface area is 189 Å². The van der Waals surface area contributed by atoms with Crippen molar-refractivity contribution >= 4 is 50.8 Å². The van der Waals surface area contributed by atoms with Gasteiger partial charge in [0.1, 0.15) is 4.21 Å². The van der Waals surface area contributed by atoms with E-state index >= 15 is 0 Å². The summed E-state index contributed by atoms with van der Waals surface area (Å²) >= 11 is 6.34. The normalized spacial score (nSPS) is 15.8. The quantitative estimate of drug-likeness (QED) is 0.380. The first-order valence-electron chi connectivity index (χ1n) is 9.35. The van der Waals surface area contributed by atoms with Crippen molar-refractivity contribution in [2.45, 2.75) is 49.2 Å². The van der Waals surface area contributed by atoms with Crippen molar-refractivity contribution in [2.75, 3.05) is 25.1 Å². The zero-order valence-corrected chi connectivity index (χ0v) is 20.1. The third-order valence-electron chi connectivity index (χ3n) is 4.72. The first kappa shape index (κ1) is 23.4. The predicted octanol–water partition coefficient (Wildman–Crippen LogP) is 5.47. The number of aromatic nitrogens is 3. The second kappa shape index (κ2) is 9.07. The zero-order chi connectivity index (χ0) is 22.2. The van der Waals surface area contributed by atoms with Crippen LogP contribution < -0.4 is 4.90 Å². The summed E-state index contributed by atoms with van der Waals surface area (Å²) in [7, 11) is 1.29. The highest BCUT2D eigenvalue weighted by Crippen LogP contribution is 2.42. The van der Waals surface area contributed by atoms with Crippen molar-refractivity contribution in [1.82, 2.24) is 14.8 Å². The van der Waals surface area contributed by atoms with Gasteiger partial charge in [0.2, 0.25) is 5.13 Å². The van der Waals surface area contributed by atoms with E-state index in [1.807, 2.05) is 18.7 Å². The topological polar surface area (TPSA) is 60.2 Å². The highest BCUT2D eigenvalue weighted by Gasteiger charge is 2.41. The molecule has 30 heavy (non-hydrogen) atoms. The lowest BCUT2D eigenvalue weighted by molar-refractivity contribution is -0.179. The van der Waals surface area contributed by atoms with Crippen LogP contribution in [-0.2, 0) is 4.74 Å². The summed E-state index contributed by atoms with van der Waals surface area (Å²) in [5.74, 6) is -1.18. The summed E-state index contributed by atoms with van der Waals surface area (Å²) in [6.07, 6.45) is -4.08. The highest BCUT2D eigenvalue weighted by molar-refractivity contribution is 9.10. The Morgan fingerprint density at radius 3 is 2.50 bits per heavy atom. The van der Waals surface area contributed by atoms with E-state index in [0.717, 1.165) is 4.21 Å². The number of hydrogen-bond acceptors (Lipinski definition) is 7. The number of esters is 1. The number of hydrogen-bond donors (Lipinski definition) is 0. The Hall–Kier alpha value is -1.27. The standard InChI is InChI=1S/C18H22BrF3N4O2S2/c1-9(2)29-16-14(25-7-5-11(6-8-25)18(20,21)22)23-17(30-16)26-13(15(27)28-4)12(19)10(3)24-26/h9,11H,5-8H2,1-4H3. The molecule has 12 heteroatoms. The van der Waals surface area contributed by atoms with Crippen LogP contribution in [0.5, 0.6) is 0 Å². The third kappa shape index (κ3) is 4.80. The summed E-state index contributed by atoms with van der Waals surface area (Å²) in [5, 5.41) is 5.15. The van der Waals surface area contributed by atoms with Crippen LogP contribution in [0.4, 0.5) is 19.0 Å². The molecule has 0 amide bonds. The number of aryl methyl sites for hydroxylation is 1. The molecule has 3 heterocycles. The van der Waals surface area contributed by atoms with Crippen molar-refractivity contribution in [3.8, 4) is 5.13 Å². The lowest BCUT2D eigenvalue weighted by Gasteiger charge is -2.33. The molecule has 0 aromatic carbocycles. The molecule has 1 saturated heterocycles. The molecule has 2 aromatic rings. The fourth-order valence-corrected chi connectivity index (χ4v) is 6.10. The molecular weight excluding hydrogens is 505 g/mol. The number of nitrogens with zero attached hydrogens (tertiary/aromatic N) is 4. The van der Waals surface area contributed by atoms with Crippen LogP contribution in [0.1, 0.15) is 42.9 Å². The number of thioether (sulfide) groups is 1. The smallest absolute Gasteiger partial charge is 0.391 e. The Kier molecular flexibility index (Phi) is 7.08. The third-order valence-corrected chi connectivity index (χ3v) is 7.89. The lowest BCUT2D eigenvalue weighted by atomic mass is 9.96. The van der Waals surface area contributed by atoms with Gasteiger partial charge in [-0.2, -0.15) is 27.9 Å². The minimum atomic E-state index is -4.16. The molecular formula is C18H22BrF3N4O2S2. The number of piperidine rings is 1. The fraction of sp³-hybridized carbons (Fsp3) is 0.611. The molecule has 2 aromatic heterocycles. The largest absolute Gasteiger partial charge is 0.464 e. The molecule has 1 aliphatic heterocycles. The van der Waals surface area contributed by atoms with Gasteiger partial charge >= 0.3 is 12.1 Å². The van der Waals surface area contributed by atoms with E-state index in [0.29, 0.717) is 21.1 Å². The monoisotopic (exact) mass is 526 g/mol. The lowest BCUT2D eigenvalue weighted by Crippen LogP contribution is -2.39. The van der Waals surface area contributed by atoms with Crippen molar-refractivity contribution < 1.29 is 22.7 Å². The molecule has 0 saturated carbocycles. The van der Waals surface area contributed by atoms with E-state index in [1.165, 1.54) is 23.1 Å². The van der Waals surface area contributed by atoms with Gasteiger partial charge in [0.15, 0.2) is 11.5 Å². The first-order chi connectivity index (χ1) is 14.0.